The van der Waals surface area contributed by atoms with E-state index in [9.17, 15) is 0 Å². The summed E-state index contributed by atoms with van der Waals surface area (Å²) in [6.45, 7) is 10.2. The second-order valence-corrected chi connectivity index (χ2v) is 4.64. The molecule has 14 heavy (non-hydrogen) atoms. The molecule has 1 heterocycles. The van der Waals surface area contributed by atoms with Crippen LogP contribution in [0.3, 0.4) is 0 Å². The third-order valence-electron chi connectivity index (χ3n) is 1.66. The molecule has 0 N–H and O–H groups in total. The first-order valence-electron chi connectivity index (χ1n) is 4.90. The van der Waals surface area contributed by atoms with Crippen LogP contribution < -0.4 is 4.74 Å². The monoisotopic (exact) mass is 194 g/mol. The highest BCUT2D eigenvalue weighted by molar-refractivity contribution is 5.12. The summed E-state index contributed by atoms with van der Waals surface area (Å²) in [6, 6.07) is 1.79. The molecule has 0 saturated heterocycles. The molecule has 3 nitrogen and oxygen atoms in total. The summed E-state index contributed by atoms with van der Waals surface area (Å²) in [4.78, 5) is 8.58. The molecule has 0 radical (unpaired) electrons. The first kappa shape index (κ1) is 11.0. The van der Waals surface area contributed by atoms with Crippen molar-refractivity contribution >= 4 is 0 Å². The Balaban J connectivity index is 2.90. The molecule has 0 aliphatic heterocycles. The maximum atomic E-state index is 5.50. The molecule has 0 aromatic carbocycles. The lowest BCUT2D eigenvalue weighted by Gasteiger charge is -2.17. The topological polar surface area (TPSA) is 35.0 Å². The fourth-order valence-corrected chi connectivity index (χ4v) is 1.01. The molecular weight excluding hydrogens is 176 g/mol. The molecule has 0 spiro atoms. The minimum Gasteiger partial charge on any atom is -0.475 e. The molecule has 3 heteroatoms. The number of ether oxygens (including phenoxy) is 1. The van der Waals surface area contributed by atoms with Crippen molar-refractivity contribution < 1.29 is 4.74 Å². The van der Waals surface area contributed by atoms with Gasteiger partial charge in [0.05, 0.1) is 6.10 Å². The Labute approximate surface area is 85.5 Å². The highest BCUT2D eigenvalue weighted by Gasteiger charge is 2.17. The van der Waals surface area contributed by atoms with E-state index in [1.54, 1.807) is 12.3 Å². The third kappa shape index (κ3) is 2.98. The zero-order valence-electron chi connectivity index (χ0n) is 9.53. The molecule has 0 bridgehead atoms. The molecule has 1 aromatic rings. The van der Waals surface area contributed by atoms with E-state index in [1.165, 1.54) is 0 Å². The van der Waals surface area contributed by atoms with E-state index < -0.39 is 0 Å². The van der Waals surface area contributed by atoms with Crippen molar-refractivity contribution in [3.63, 3.8) is 0 Å². The van der Waals surface area contributed by atoms with Crippen molar-refractivity contribution in [3.05, 3.63) is 18.1 Å². The van der Waals surface area contributed by atoms with Crippen LogP contribution in [0.15, 0.2) is 12.3 Å². The number of hydrogen-bond acceptors (Lipinski definition) is 3. The first-order valence-corrected chi connectivity index (χ1v) is 4.90. The second kappa shape index (κ2) is 3.95. The van der Waals surface area contributed by atoms with Gasteiger partial charge >= 0.3 is 0 Å². The number of nitrogens with zero attached hydrogens (tertiary/aromatic N) is 2. The molecule has 0 aliphatic carbocycles. The minimum absolute atomic E-state index is 0.0314. The molecule has 1 rings (SSSR count). The Bertz CT molecular complexity index is 302. The summed E-state index contributed by atoms with van der Waals surface area (Å²) < 4.78 is 5.50. The van der Waals surface area contributed by atoms with Gasteiger partial charge in [-0.15, -0.1) is 0 Å². The standard InChI is InChI=1S/C11H18N2O/c1-8(2)14-9-6-7-12-10(13-9)11(3,4)5/h6-8H,1-5H3. The van der Waals surface area contributed by atoms with E-state index in [2.05, 4.69) is 30.7 Å². The van der Waals surface area contributed by atoms with Gasteiger partial charge in [-0.2, -0.15) is 4.98 Å². The summed E-state index contributed by atoms with van der Waals surface area (Å²) in [6.07, 6.45) is 1.89. The Morgan fingerprint density at radius 3 is 2.43 bits per heavy atom. The van der Waals surface area contributed by atoms with Crippen molar-refractivity contribution in [2.45, 2.75) is 46.1 Å². The van der Waals surface area contributed by atoms with E-state index in [0.717, 1.165) is 5.82 Å². The van der Waals surface area contributed by atoms with Gasteiger partial charge in [-0.25, -0.2) is 4.98 Å². The minimum atomic E-state index is -0.0314. The number of aromatic nitrogens is 2. The summed E-state index contributed by atoms with van der Waals surface area (Å²) in [5.41, 5.74) is -0.0314. The summed E-state index contributed by atoms with van der Waals surface area (Å²) in [5, 5.41) is 0. The normalized spacial score (nSPS) is 11.9. The Morgan fingerprint density at radius 2 is 1.93 bits per heavy atom. The molecular formula is C11H18N2O. The van der Waals surface area contributed by atoms with Crippen LogP contribution in [-0.4, -0.2) is 16.1 Å². The Hall–Kier alpha value is -1.12. The number of hydrogen-bond donors (Lipinski definition) is 0. The SMILES string of the molecule is CC(C)Oc1ccnc(C(C)(C)C)n1. The fourth-order valence-electron chi connectivity index (χ4n) is 1.01. The predicted octanol–water partition coefficient (Wildman–Crippen LogP) is 2.56. The predicted molar refractivity (Wildman–Crippen MR) is 56.5 cm³/mol. The Morgan fingerprint density at radius 1 is 1.29 bits per heavy atom. The average Bonchev–Trinajstić information content (AvgIpc) is 2.01. The van der Waals surface area contributed by atoms with Gasteiger partial charge in [0.1, 0.15) is 5.82 Å². The van der Waals surface area contributed by atoms with Gasteiger partial charge in [0.15, 0.2) is 0 Å². The molecule has 0 saturated carbocycles. The van der Waals surface area contributed by atoms with Gasteiger partial charge in [-0.05, 0) is 13.8 Å². The van der Waals surface area contributed by atoms with E-state index in [0.29, 0.717) is 5.88 Å². The Kier molecular flexibility index (Phi) is 3.09. The van der Waals surface area contributed by atoms with Gasteiger partial charge in [-0.1, -0.05) is 20.8 Å². The highest BCUT2D eigenvalue weighted by atomic mass is 16.5. The van der Waals surface area contributed by atoms with E-state index in [-0.39, 0.29) is 11.5 Å². The van der Waals surface area contributed by atoms with Gasteiger partial charge < -0.3 is 4.74 Å². The van der Waals surface area contributed by atoms with E-state index >= 15 is 0 Å². The molecule has 0 aliphatic rings. The molecule has 78 valence electrons. The van der Waals surface area contributed by atoms with Crippen LogP contribution in [0.1, 0.15) is 40.4 Å². The van der Waals surface area contributed by atoms with Crippen LogP contribution >= 0.6 is 0 Å². The average molecular weight is 194 g/mol. The van der Waals surface area contributed by atoms with Crippen LogP contribution in [0, 0.1) is 0 Å². The molecule has 0 atom stereocenters. The van der Waals surface area contributed by atoms with Crippen molar-refractivity contribution in [1.82, 2.24) is 9.97 Å². The third-order valence-corrected chi connectivity index (χ3v) is 1.66. The van der Waals surface area contributed by atoms with Crippen molar-refractivity contribution in [2.75, 3.05) is 0 Å². The summed E-state index contributed by atoms with van der Waals surface area (Å²) in [7, 11) is 0. The largest absolute Gasteiger partial charge is 0.475 e. The van der Waals surface area contributed by atoms with Gasteiger partial charge in [-0.3, -0.25) is 0 Å². The molecule has 1 aromatic heterocycles. The van der Waals surface area contributed by atoms with Crippen LogP contribution in [0.2, 0.25) is 0 Å². The van der Waals surface area contributed by atoms with Crippen molar-refractivity contribution in [2.24, 2.45) is 0 Å². The zero-order chi connectivity index (χ0) is 10.8. The molecule has 0 fully saturated rings. The summed E-state index contributed by atoms with van der Waals surface area (Å²) in [5.74, 6) is 1.47. The fraction of sp³-hybridized carbons (Fsp3) is 0.636. The first-order chi connectivity index (χ1) is 6.39. The van der Waals surface area contributed by atoms with E-state index in [4.69, 9.17) is 4.74 Å². The van der Waals surface area contributed by atoms with Gasteiger partial charge in [0, 0.05) is 17.7 Å². The van der Waals surface area contributed by atoms with Gasteiger partial charge in [0.2, 0.25) is 5.88 Å². The zero-order valence-corrected chi connectivity index (χ0v) is 9.53. The maximum Gasteiger partial charge on any atom is 0.216 e. The van der Waals surface area contributed by atoms with Crippen LogP contribution in [0.5, 0.6) is 5.88 Å². The molecule has 0 unspecified atom stereocenters. The van der Waals surface area contributed by atoms with Crippen LogP contribution in [0.4, 0.5) is 0 Å². The lowest BCUT2D eigenvalue weighted by atomic mass is 9.96. The van der Waals surface area contributed by atoms with Crippen LogP contribution in [-0.2, 0) is 5.41 Å². The maximum absolute atomic E-state index is 5.50. The highest BCUT2D eigenvalue weighted by Crippen LogP contribution is 2.19. The van der Waals surface area contributed by atoms with Gasteiger partial charge in [0.25, 0.3) is 0 Å². The lowest BCUT2D eigenvalue weighted by molar-refractivity contribution is 0.230. The van der Waals surface area contributed by atoms with E-state index in [1.807, 2.05) is 13.8 Å². The summed E-state index contributed by atoms with van der Waals surface area (Å²) >= 11 is 0. The van der Waals surface area contributed by atoms with Crippen LogP contribution in [0.25, 0.3) is 0 Å². The van der Waals surface area contributed by atoms with Crippen molar-refractivity contribution in [1.29, 1.82) is 0 Å². The smallest absolute Gasteiger partial charge is 0.216 e. The quantitative estimate of drug-likeness (QED) is 0.725. The second-order valence-electron chi connectivity index (χ2n) is 4.64. The number of rotatable bonds is 2. The lowest BCUT2D eigenvalue weighted by Crippen LogP contribution is -2.17. The van der Waals surface area contributed by atoms with Crippen molar-refractivity contribution in [3.8, 4) is 5.88 Å². The molecule has 0 amide bonds.